The van der Waals surface area contributed by atoms with Gasteiger partial charge in [0.05, 0.1) is 5.92 Å². The molecule has 2 amide bonds. The van der Waals surface area contributed by atoms with E-state index in [9.17, 15) is 9.59 Å². The fraction of sp³-hybridized carbons (Fsp3) is 0.846. The number of likely N-dealkylation sites (tertiary alicyclic amines) is 1. The van der Waals surface area contributed by atoms with E-state index in [1.807, 2.05) is 0 Å². The van der Waals surface area contributed by atoms with E-state index < -0.39 is 11.9 Å². The lowest BCUT2D eigenvalue weighted by atomic mass is 9.90. The van der Waals surface area contributed by atoms with Gasteiger partial charge < -0.3 is 15.3 Å². The molecule has 0 aromatic rings. The fourth-order valence-electron chi connectivity index (χ4n) is 1.91. The first-order valence-corrected chi connectivity index (χ1v) is 6.61. The Morgan fingerprint density at radius 2 is 2.11 bits per heavy atom. The first kappa shape index (κ1) is 14.8. The monoisotopic (exact) mass is 256 g/mol. The lowest BCUT2D eigenvalue weighted by molar-refractivity contribution is -0.143. The predicted molar refractivity (Wildman–Crippen MR) is 69.4 cm³/mol. The van der Waals surface area contributed by atoms with E-state index in [0.717, 1.165) is 12.8 Å². The average Bonchev–Trinajstić information content (AvgIpc) is 2.36. The molecule has 0 unspecified atom stereocenters. The van der Waals surface area contributed by atoms with Gasteiger partial charge in [-0.3, -0.25) is 4.79 Å². The van der Waals surface area contributed by atoms with Gasteiger partial charge in [0.1, 0.15) is 0 Å². The number of nitrogens with one attached hydrogen (secondary N) is 1. The van der Waals surface area contributed by atoms with Gasteiger partial charge in [-0.2, -0.15) is 0 Å². The predicted octanol–water partition coefficient (Wildman–Crippen LogP) is 1.93. The molecule has 0 aliphatic carbocycles. The Labute approximate surface area is 109 Å². The van der Waals surface area contributed by atoms with E-state index in [1.54, 1.807) is 4.90 Å². The zero-order valence-electron chi connectivity index (χ0n) is 11.5. The third-order valence-electron chi connectivity index (χ3n) is 3.73. The van der Waals surface area contributed by atoms with Crippen LogP contribution in [0.5, 0.6) is 0 Å². The van der Waals surface area contributed by atoms with Crippen molar-refractivity contribution in [1.29, 1.82) is 0 Å². The molecular weight excluding hydrogens is 232 g/mol. The largest absolute Gasteiger partial charge is 0.481 e. The van der Waals surface area contributed by atoms with Crippen molar-refractivity contribution in [2.75, 3.05) is 19.6 Å². The van der Waals surface area contributed by atoms with Crippen LogP contribution in [0.1, 0.15) is 40.0 Å². The molecule has 0 bridgehead atoms. The number of hydrogen-bond acceptors (Lipinski definition) is 2. The van der Waals surface area contributed by atoms with Crippen LogP contribution in [0.3, 0.4) is 0 Å². The molecule has 18 heavy (non-hydrogen) atoms. The zero-order chi connectivity index (χ0) is 13.8. The number of nitrogens with zero attached hydrogens (tertiary/aromatic N) is 1. The highest BCUT2D eigenvalue weighted by Crippen LogP contribution is 2.19. The van der Waals surface area contributed by atoms with Crippen LogP contribution in [0, 0.1) is 11.3 Å². The highest BCUT2D eigenvalue weighted by Gasteiger charge is 2.28. The number of carboxylic acid groups (broad SMARTS) is 1. The summed E-state index contributed by atoms with van der Waals surface area (Å²) in [5.74, 6) is -1.22. The molecule has 5 heteroatoms. The fourth-order valence-corrected chi connectivity index (χ4v) is 1.91. The molecule has 0 radical (unpaired) electrons. The van der Waals surface area contributed by atoms with E-state index >= 15 is 0 Å². The van der Waals surface area contributed by atoms with Crippen molar-refractivity contribution < 1.29 is 14.7 Å². The third kappa shape index (κ3) is 4.20. The molecular formula is C13H24N2O3. The number of amides is 2. The van der Waals surface area contributed by atoms with Gasteiger partial charge in [-0.1, -0.05) is 20.8 Å². The normalized spacial score (nSPS) is 20.6. The Morgan fingerprint density at radius 1 is 1.44 bits per heavy atom. The molecule has 0 aromatic heterocycles. The SMILES string of the molecule is CCC(C)(C)CNC(=O)N1CCC[C@@H](C(=O)O)C1. The summed E-state index contributed by atoms with van der Waals surface area (Å²) in [6.07, 6.45) is 2.42. The number of aliphatic carboxylic acids is 1. The van der Waals surface area contributed by atoms with Crippen LogP contribution in [-0.4, -0.2) is 41.6 Å². The number of carbonyl (C=O) groups excluding carboxylic acids is 1. The minimum Gasteiger partial charge on any atom is -0.481 e. The molecule has 0 spiro atoms. The molecule has 2 N–H and O–H groups in total. The first-order chi connectivity index (χ1) is 8.35. The summed E-state index contributed by atoms with van der Waals surface area (Å²) in [6, 6.07) is -0.137. The van der Waals surface area contributed by atoms with Gasteiger partial charge in [0, 0.05) is 19.6 Å². The minimum atomic E-state index is -0.804. The second-order valence-electron chi connectivity index (χ2n) is 5.80. The number of rotatable bonds is 4. The van der Waals surface area contributed by atoms with Crippen molar-refractivity contribution in [2.24, 2.45) is 11.3 Å². The highest BCUT2D eigenvalue weighted by molar-refractivity contribution is 5.76. The van der Waals surface area contributed by atoms with Gasteiger partial charge in [-0.05, 0) is 24.7 Å². The summed E-state index contributed by atoms with van der Waals surface area (Å²) < 4.78 is 0. The van der Waals surface area contributed by atoms with E-state index in [4.69, 9.17) is 5.11 Å². The molecule has 1 rings (SSSR count). The smallest absolute Gasteiger partial charge is 0.317 e. The van der Waals surface area contributed by atoms with Crippen LogP contribution in [0.15, 0.2) is 0 Å². The van der Waals surface area contributed by atoms with Gasteiger partial charge in [-0.25, -0.2) is 4.79 Å². The molecule has 5 nitrogen and oxygen atoms in total. The Balaban J connectivity index is 2.44. The van der Waals surface area contributed by atoms with Crippen molar-refractivity contribution in [3.8, 4) is 0 Å². The molecule has 1 atom stereocenters. The lowest BCUT2D eigenvalue weighted by Crippen LogP contribution is -2.48. The van der Waals surface area contributed by atoms with Crippen LogP contribution >= 0.6 is 0 Å². The summed E-state index contributed by atoms with van der Waals surface area (Å²) in [7, 11) is 0. The maximum Gasteiger partial charge on any atom is 0.317 e. The van der Waals surface area contributed by atoms with E-state index in [2.05, 4.69) is 26.1 Å². The molecule has 1 aliphatic rings. The Hall–Kier alpha value is -1.26. The quantitative estimate of drug-likeness (QED) is 0.807. The minimum absolute atomic E-state index is 0.0810. The topological polar surface area (TPSA) is 69.6 Å². The third-order valence-corrected chi connectivity index (χ3v) is 3.73. The van der Waals surface area contributed by atoms with Crippen LogP contribution in [0.2, 0.25) is 0 Å². The highest BCUT2D eigenvalue weighted by atomic mass is 16.4. The molecule has 1 aliphatic heterocycles. The van der Waals surface area contributed by atoms with Gasteiger partial charge in [0.2, 0.25) is 0 Å². The molecule has 1 saturated heterocycles. The van der Waals surface area contributed by atoms with Crippen molar-refractivity contribution >= 4 is 12.0 Å². The maximum absolute atomic E-state index is 12.0. The number of piperidine rings is 1. The van der Waals surface area contributed by atoms with Crippen molar-refractivity contribution in [3.05, 3.63) is 0 Å². The average molecular weight is 256 g/mol. The standard InChI is InChI=1S/C13H24N2O3/c1-4-13(2,3)9-14-12(18)15-7-5-6-10(8-15)11(16)17/h10H,4-9H2,1-3H3,(H,14,18)(H,16,17)/t10-/m1/s1. The van der Waals surface area contributed by atoms with Crippen molar-refractivity contribution in [3.63, 3.8) is 0 Å². The number of urea groups is 1. The summed E-state index contributed by atoms with van der Waals surface area (Å²) in [6.45, 7) is 7.90. The Morgan fingerprint density at radius 3 is 2.67 bits per heavy atom. The van der Waals surface area contributed by atoms with Gasteiger partial charge in [-0.15, -0.1) is 0 Å². The molecule has 104 valence electrons. The summed E-state index contributed by atoms with van der Waals surface area (Å²) in [5, 5.41) is 11.9. The Bertz CT molecular complexity index is 315. The van der Waals surface area contributed by atoms with Gasteiger partial charge in [0.25, 0.3) is 0 Å². The van der Waals surface area contributed by atoms with Crippen LogP contribution in [0.25, 0.3) is 0 Å². The van der Waals surface area contributed by atoms with E-state index in [1.165, 1.54) is 0 Å². The van der Waals surface area contributed by atoms with Gasteiger partial charge in [0.15, 0.2) is 0 Å². The molecule has 1 fully saturated rings. The van der Waals surface area contributed by atoms with Crippen LogP contribution < -0.4 is 5.32 Å². The molecule has 0 saturated carbocycles. The Kier molecular flexibility index (Phi) is 4.99. The van der Waals surface area contributed by atoms with Gasteiger partial charge >= 0.3 is 12.0 Å². The lowest BCUT2D eigenvalue weighted by Gasteiger charge is -2.32. The van der Waals surface area contributed by atoms with E-state index in [-0.39, 0.29) is 11.4 Å². The second kappa shape index (κ2) is 6.07. The maximum atomic E-state index is 12.0. The number of carbonyl (C=O) groups is 2. The summed E-state index contributed by atoms with van der Waals surface area (Å²) >= 11 is 0. The first-order valence-electron chi connectivity index (χ1n) is 6.61. The number of carboxylic acids is 1. The van der Waals surface area contributed by atoms with Crippen molar-refractivity contribution in [1.82, 2.24) is 10.2 Å². The van der Waals surface area contributed by atoms with Crippen LogP contribution in [-0.2, 0) is 4.79 Å². The second-order valence-corrected chi connectivity index (χ2v) is 5.80. The summed E-state index contributed by atoms with van der Waals surface area (Å²) in [4.78, 5) is 24.5. The molecule has 0 aromatic carbocycles. The van der Waals surface area contributed by atoms with Crippen LogP contribution in [0.4, 0.5) is 4.79 Å². The van der Waals surface area contributed by atoms with Crippen molar-refractivity contribution in [2.45, 2.75) is 40.0 Å². The number of hydrogen-bond donors (Lipinski definition) is 2. The summed E-state index contributed by atoms with van der Waals surface area (Å²) in [5.41, 5.74) is 0.0810. The molecule has 1 heterocycles. The zero-order valence-corrected chi connectivity index (χ0v) is 11.5. The van der Waals surface area contributed by atoms with E-state index in [0.29, 0.717) is 26.1 Å².